The Labute approximate surface area is 120 Å². The fourth-order valence-corrected chi connectivity index (χ4v) is 2.14. The first-order chi connectivity index (χ1) is 8.58. The van der Waals surface area contributed by atoms with Gasteiger partial charge in [-0.15, -0.1) is 0 Å². The van der Waals surface area contributed by atoms with Crippen LogP contribution < -0.4 is 5.32 Å². The van der Waals surface area contributed by atoms with Crippen LogP contribution in [0, 0.1) is 5.82 Å². The molecule has 2 nitrogen and oxygen atoms in total. The first-order valence-corrected chi connectivity index (χ1v) is 6.67. The summed E-state index contributed by atoms with van der Waals surface area (Å²) in [5.74, 6) is -1.04. The van der Waals surface area contributed by atoms with Gasteiger partial charge < -0.3 is 5.32 Å². The van der Waals surface area contributed by atoms with Crippen LogP contribution in [0.5, 0.6) is 0 Å². The highest BCUT2D eigenvalue weighted by molar-refractivity contribution is 9.10. The van der Waals surface area contributed by atoms with E-state index >= 15 is 0 Å². The molecule has 5 heteroatoms. The van der Waals surface area contributed by atoms with Crippen LogP contribution in [0.1, 0.15) is 10.4 Å². The van der Waals surface area contributed by atoms with Crippen molar-refractivity contribution < 1.29 is 9.18 Å². The van der Waals surface area contributed by atoms with E-state index < -0.39 is 11.7 Å². The van der Waals surface area contributed by atoms with Crippen LogP contribution in [0.4, 0.5) is 10.1 Å². The van der Waals surface area contributed by atoms with E-state index in [-0.39, 0.29) is 5.56 Å². The second-order valence-electron chi connectivity index (χ2n) is 3.56. The van der Waals surface area contributed by atoms with Crippen molar-refractivity contribution in [1.82, 2.24) is 0 Å². The van der Waals surface area contributed by atoms with Crippen molar-refractivity contribution in [1.29, 1.82) is 0 Å². The monoisotopic (exact) mass is 371 g/mol. The highest BCUT2D eigenvalue weighted by Crippen LogP contribution is 2.23. The van der Waals surface area contributed by atoms with Crippen molar-refractivity contribution in [3.8, 4) is 0 Å². The smallest absolute Gasteiger partial charge is 0.258 e. The summed E-state index contributed by atoms with van der Waals surface area (Å²) in [6, 6.07) is 11.5. The van der Waals surface area contributed by atoms with Gasteiger partial charge in [-0.25, -0.2) is 4.39 Å². The molecule has 0 spiro atoms. The van der Waals surface area contributed by atoms with Gasteiger partial charge in [0, 0.05) is 8.95 Å². The van der Waals surface area contributed by atoms with Crippen molar-refractivity contribution in [3.63, 3.8) is 0 Å². The molecule has 0 aromatic heterocycles. The van der Waals surface area contributed by atoms with Gasteiger partial charge in [-0.1, -0.05) is 28.1 Å². The van der Waals surface area contributed by atoms with Crippen LogP contribution in [0.25, 0.3) is 0 Å². The number of rotatable bonds is 2. The highest BCUT2D eigenvalue weighted by atomic mass is 79.9. The third kappa shape index (κ3) is 2.97. The minimum Gasteiger partial charge on any atom is -0.321 e. The zero-order valence-electron chi connectivity index (χ0n) is 9.08. The molecule has 0 aliphatic rings. The summed E-state index contributed by atoms with van der Waals surface area (Å²) in [5, 5.41) is 2.65. The zero-order valence-corrected chi connectivity index (χ0v) is 12.3. The number of carbonyl (C=O) groups excluding carboxylic acids is 1. The Morgan fingerprint density at radius 2 is 1.83 bits per heavy atom. The molecule has 0 atom stereocenters. The Kier molecular flexibility index (Phi) is 4.14. The highest BCUT2D eigenvalue weighted by Gasteiger charge is 2.12. The van der Waals surface area contributed by atoms with Crippen molar-refractivity contribution in [2.75, 3.05) is 5.32 Å². The molecule has 1 amide bonds. The molecule has 0 saturated carbocycles. The number of halogens is 3. The maximum Gasteiger partial charge on any atom is 0.258 e. The Hall–Kier alpha value is -1.20. The summed E-state index contributed by atoms with van der Waals surface area (Å²) in [6.07, 6.45) is 0. The summed E-state index contributed by atoms with van der Waals surface area (Å²) in [7, 11) is 0. The lowest BCUT2D eigenvalue weighted by Gasteiger charge is -2.08. The molecule has 92 valence electrons. The number of benzene rings is 2. The van der Waals surface area contributed by atoms with E-state index in [1.807, 2.05) is 6.07 Å². The van der Waals surface area contributed by atoms with E-state index in [0.717, 1.165) is 4.47 Å². The van der Waals surface area contributed by atoms with Gasteiger partial charge >= 0.3 is 0 Å². The van der Waals surface area contributed by atoms with Crippen LogP contribution in [-0.4, -0.2) is 5.91 Å². The van der Waals surface area contributed by atoms with Crippen LogP contribution in [-0.2, 0) is 0 Å². The molecular weight excluding hydrogens is 365 g/mol. The normalized spacial score (nSPS) is 10.2. The topological polar surface area (TPSA) is 29.1 Å². The molecule has 0 saturated heterocycles. The Morgan fingerprint density at radius 3 is 2.50 bits per heavy atom. The van der Waals surface area contributed by atoms with Gasteiger partial charge in [0.1, 0.15) is 5.82 Å². The van der Waals surface area contributed by atoms with Crippen LogP contribution in [0.3, 0.4) is 0 Å². The third-order valence-corrected chi connectivity index (χ3v) is 3.48. The summed E-state index contributed by atoms with van der Waals surface area (Å²) in [4.78, 5) is 11.9. The van der Waals surface area contributed by atoms with E-state index in [0.29, 0.717) is 10.2 Å². The Bertz CT molecular complexity index is 601. The maximum atomic E-state index is 13.6. The fourth-order valence-electron chi connectivity index (χ4n) is 1.43. The Morgan fingerprint density at radius 1 is 1.11 bits per heavy atom. The first kappa shape index (κ1) is 13.2. The number of amides is 1. The van der Waals surface area contributed by atoms with Gasteiger partial charge in [0.2, 0.25) is 0 Å². The van der Waals surface area contributed by atoms with E-state index in [1.54, 1.807) is 24.3 Å². The van der Waals surface area contributed by atoms with E-state index in [2.05, 4.69) is 37.2 Å². The van der Waals surface area contributed by atoms with Crippen molar-refractivity contribution in [2.45, 2.75) is 0 Å². The average molecular weight is 373 g/mol. The molecule has 1 N–H and O–H groups in total. The first-order valence-electron chi connectivity index (χ1n) is 5.09. The summed E-state index contributed by atoms with van der Waals surface area (Å²) >= 11 is 6.46. The van der Waals surface area contributed by atoms with Crippen LogP contribution >= 0.6 is 31.9 Å². The largest absolute Gasteiger partial charge is 0.321 e. The molecule has 0 heterocycles. The number of hydrogen-bond acceptors (Lipinski definition) is 1. The number of carbonyl (C=O) groups is 1. The predicted molar refractivity (Wildman–Crippen MR) is 76.2 cm³/mol. The molecule has 0 radical (unpaired) electrons. The molecule has 0 aliphatic carbocycles. The van der Waals surface area contributed by atoms with Gasteiger partial charge in [-0.05, 0) is 46.3 Å². The molecule has 2 aromatic rings. The SMILES string of the molecule is O=C(Nc1ccccc1Br)c1ccc(Br)cc1F. The quantitative estimate of drug-likeness (QED) is 0.819. The summed E-state index contributed by atoms with van der Waals surface area (Å²) in [6.45, 7) is 0. The van der Waals surface area contributed by atoms with Gasteiger partial charge in [0.15, 0.2) is 0 Å². The van der Waals surface area contributed by atoms with Crippen molar-refractivity contribution in [3.05, 3.63) is 62.8 Å². The van der Waals surface area contributed by atoms with Gasteiger partial charge in [0.05, 0.1) is 11.3 Å². The lowest BCUT2D eigenvalue weighted by atomic mass is 10.2. The van der Waals surface area contributed by atoms with Gasteiger partial charge in [-0.3, -0.25) is 4.79 Å². The van der Waals surface area contributed by atoms with Crippen molar-refractivity contribution in [2.24, 2.45) is 0 Å². The standard InChI is InChI=1S/C13H8Br2FNO/c14-8-5-6-9(11(16)7-8)13(18)17-12-4-2-1-3-10(12)15/h1-7H,(H,17,18). The minimum absolute atomic E-state index is 0.00829. The molecule has 0 bridgehead atoms. The van der Waals surface area contributed by atoms with Crippen LogP contribution in [0.2, 0.25) is 0 Å². The number of anilines is 1. The summed E-state index contributed by atoms with van der Waals surface area (Å²) in [5.41, 5.74) is 0.610. The lowest BCUT2D eigenvalue weighted by molar-refractivity contribution is 0.102. The average Bonchev–Trinajstić information content (AvgIpc) is 2.32. The van der Waals surface area contributed by atoms with Crippen molar-refractivity contribution >= 4 is 43.5 Å². The second kappa shape index (κ2) is 5.63. The van der Waals surface area contributed by atoms with Crippen LogP contribution in [0.15, 0.2) is 51.4 Å². The number of para-hydroxylation sites is 1. The molecule has 2 rings (SSSR count). The molecule has 2 aromatic carbocycles. The zero-order chi connectivity index (χ0) is 13.1. The minimum atomic E-state index is -0.561. The number of hydrogen-bond donors (Lipinski definition) is 1. The second-order valence-corrected chi connectivity index (χ2v) is 5.33. The fraction of sp³-hybridized carbons (Fsp3) is 0. The maximum absolute atomic E-state index is 13.6. The van der Waals surface area contributed by atoms with Gasteiger partial charge in [-0.2, -0.15) is 0 Å². The number of nitrogens with one attached hydrogen (secondary N) is 1. The third-order valence-electron chi connectivity index (χ3n) is 2.30. The molecule has 0 aliphatic heterocycles. The molecule has 0 unspecified atom stereocenters. The van der Waals surface area contributed by atoms with E-state index in [9.17, 15) is 9.18 Å². The lowest BCUT2D eigenvalue weighted by Crippen LogP contribution is -2.14. The summed E-state index contributed by atoms with van der Waals surface area (Å²) < 4.78 is 14.9. The van der Waals surface area contributed by atoms with E-state index in [4.69, 9.17) is 0 Å². The molecule has 0 fully saturated rings. The molecule has 18 heavy (non-hydrogen) atoms. The Balaban J connectivity index is 2.25. The van der Waals surface area contributed by atoms with E-state index in [1.165, 1.54) is 12.1 Å². The molecular formula is C13H8Br2FNO. The van der Waals surface area contributed by atoms with Gasteiger partial charge in [0.25, 0.3) is 5.91 Å². The predicted octanol–water partition coefficient (Wildman–Crippen LogP) is 4.60.